The van der Waals surface area contributed by atoms with Crippen LogP contribution in [0.5, 0.6) is 0 Å². The normalized spacial score (nSPS) is 35.7. The number of aliphatic hydroxyl groups excluding tert-OH is 1. The van der Waals surface area contributed by atoms with Crippen molar-refractivity contribution in [2.75, 3.05) is 19.7 Å². The Morgan fingerprint density at radius 3 is 3.07 bits per heavy atom. The van der Waals surface area contributed by atoms with E-state index in [4.69, 9.17) is 4.74 Å². The number of hydrogen-bond acceptors (Lipinski definition) is 4. The van der Waals surface area contributed by atoms with Crippen LogP contribution in [-0.4, -0.2) is 49.0 Å². The zero-order valence-electron chi connectivity index (χ0n) is 8.74. The highest BCUT2D eigenvalue weighted by molar-refractivity contribution is 5.82. The lowest BCUT2D eigenvalue weighted by Gasteiger charge is -2.14. The Kier molecular flexibility index (Phi) is 3.56. The molecule has 86 valence electrons. The Labute approximate surface area is 89.2 Å². The first-order chi connectivity index (χ1) is 7.25. The number of ether oxygens (including phenoxy) is 1. The van der Waals surface area contributed by atoms with Crippen molar-refractivity contribution >= 4 is 5.91 Å². The van der Waals surface area contributed by atoms with E-state index in [1.807, 2.05) is 0 Å². The first kappa shape index (κ1) is 10.9. The van der Waals surface area contributed by atoms with E-state index in [2.05, 4.69) is 10.6 Å². The zero-order valence-corrected chi connectivity index (χ0v) is 8.74. The van der Waals surface area contributed by atoms with Gasteiger partial charge in [0.2, 0.25) is 5.91 Å². The van der Waals surface area contributed by atoms with E-state index in [1.165, 1.54) is 0 Å². The fourth-order valence-corrected chi connectivity index (χ4v) is 2.06. The van der Waals surface area contributed by atoms with E-state index in [-0.39, 0.29) is 24.2 Å². The standard InChI is InChI=1S/C10H18N2O3/c13-7-4-9(11-5-7)10(14)12-6-8-2-1-3-15-8/h7-9,11,13H,1-6H2,(H,12,14). The van der Waals surface area contributed by atoms with Gasteiger partial charge in [0, 0.05) is 19.7 Å². The highest BCUT2D eigenvalue weighted by Crippen LogP contribution is 2.11. The van der Waals surface area contributed by atoms with E-state index < -0.39 is 0 Å². The van der Waals surface area contributed by atoms with E-state index in [0.29, 0.717) is 19.5 Å². The zero-order chi connectivity index (χ0) is 10.7. The van der Waals surface area contributed by atoms with Crippen LogP contribution in [0.4, 0.5) is 0 Å². The van der Waals surface area contributed by atoms with Crippen LogP contribution in [0, 0.1) is 0 Å². The fraction of sp³-hybridized carbons (Fsp3) is 0.900. The molecule has 2 fully saturated rings. The van der Waals surface area contributed by atoms with Gasteiger partial charge in [-0.2, -0.15) is 0 Å². The average Bonchev–Trinajstić information content (AvgIpc) is 2.84. The summed E-state index contributed by atoms with van der Waals surface area (Å²) in [6, 6.07) is -0.235. The number of carbonyl (C=O) groups is 1. The van der Waals surface area contributed by atoms with E-state index in [1.54, 1.807) is 0 Å². The minimum atomic E-state index is -0.386. The van der Waals surface area contributed by atoms with Crippen molar-refractivity contribution in [2.45, 2.75) is 37.5 Å². The second kappa shape index (κ2) is 4.92. The monoisotopic (exact) mass is 214 g/mol. The lowest BCUT2D eigenvalue weighted by molar-refractivity contribution is -0.123. The summed E-state index contributed by atoms with van der Waals surface area (Å²) in [6.07, 6.45) is 2.42. The maximum Gasteiger partial charge on any atom is 0.237 e. The molecule has 2 heterocycles. The van der Waals surface area contributed by atoms with Gasteiger partial charge < -0.3 is 20.5 Å². The second-order valence-electron chi connectivity index (χ2n) is 4.23. The molecule has 5 nitrogen and oxygen atoms in total. The summed E-state index contributed by atoms with van der Waals surface area (Å²) in [5.41, 5.74) is 0. The maximum atomic E-state index is 11.6. The van der Waals surface area contributed by atoms with Crippen molar-refractivity contribution in [3.8, 4) is 0 Å². The van der Waals surface area contributed by atoms with E-state index in [0.717, 1.165) is 19.4 Å². The quantitative estimate of drug-likeness (QED) is 0.564. The van der Waals surface area contributed by atoms with Gasteiger partial charge in [0.15, 0.2) is 0 Å². The number of amides is 1. The third-order valence-electron chi connectivity index (χ3n) is 2.95. The third-order valence-corrected chi connectivity index (χ3v) is 2.95. The Morgan fingerprint density at radius 1 is 1.60 bits per heavy atom. The topological polar surface area (TPSA) is 70.6 Å². The number of rotatable bonds is 3. The van der Waals surface area contributed by atoms with Crippen LogP contribution in [0.25, 0.3) is 0 Å². The maximum absolute atomic E-state index is 11.6. The van der Waals surface area contributed by atoms with Crippen LogP contribution in [-0.2, 0) is 9.53 Å². The molecule has 5 heteroatoms. The Balaban J connectivity index is 1.67. The first-order valence-electron chi connectivity index (χ1n) is 5.56. The highest BCUT2D eigenvalue weighted by atomic mass is 16.5. The van der Waals surface area contributed by atoms with Crippen molar-refractivity contribution in [3.63, 3.8) is 0 Å². The molecule has 3 N–H and O–H groups in total. The summed E-state index contributed by atoms with van der Waals surface area (Å²) >= 11 is 0. The van der Waals surface area contributed by atoms with Gasteiger partial charge in [-0.05, 0) is 19.3 Å². The average molecular weight is 214 g/mol. The number of carbonyl (C=O) groups excluding carboxylic acids is 1. The first-order valence-corrected chi connectivity index (χ1v) is 5.56. The van der Waals surface area contributed by atoms with Crippen LogP contribution < -0.4 is 10.6 Å². The number of hydrogen-bond donors (Lipinski definition) is 3. The van der Waals surface area contributed by atoms with Crippen molar-refractivity contribution < 1.29 is 14.6 Å². The van der Waals surface area contributed by atoms with Gasteiger partial charge in [-0.15, -0.1) is 0 Å². The molecule has 1 amide bonds. The predicted molar refractivity (Wildman–Crippen MR) is 54.4 cm³/mol. The molecule has 0 saturated carbocycles. The molecule has 0 aromatic rings. The van der Waals surface area contributed by atoms with Crippen LogP contribution in [0.3, 0.4) is 0 Å². The van der Waals surface area contributed by atoms with E-state index >= 15 is 0 Å². The molecule has 2 saturated heterocycles. The molecule has 0 aliphatic carbocycles. The van der Waals surface area contributed by atoms with E-state index in [9.17, 15) is 9.90 Å². The van der Waals surface area contributed by atoms with Gasteiger partial charge in [-0.3, -0.25) is 4.79 Å². The SMILES string of the molecule is O=C(NCC1CCCO1)C1CC(O)CN1. The van der Waals surface area contributed by atoms with Gasteiger partial charge in [0.05, 0.1) is 18.2 Å². The molecular formula is C10H18N2O3. The summed E-state index contributed by atoms with van der Waals surface area (Å²) in [4.78, 5) is 11.6. The van der Waals surface area contributed by atoms with Crippen molar-refractivity contribution in [1.29, 1.82) is 0 Å². The van der Waals surface area contributed by atoms with Crippen molar-refractivity contribution in [1.82, 2.24) is 10.6 Å². The number of β-amino-alcohol motifs (C(OH)–C–C–N with tert-alkyl or cyclic N) is 1. The highest BCUT2D eigenvalue weighted by Gasteiger charge is 2.28. The molecule has 2 aliphatic rings. The van der Waals surface area contributed by atoms with Crippen LogP contribution in [0.2, 0.25) is 0 Å². The fourth-order valence-electron chi connectivity index (χ4n) is 2.06. The second-order valence-corrected chi connectivity index (χ2v) is 4.23. The van der Waals surface area contributed by atoms with Gasteiger partial charge >= 0.3 is 0 Å². The predicted octanol–water partition coefficient (Wildman–Crippen LogP) is -0.996. The molecule has 0 bridgehead atoms. The number of aliphatic hydroxyl groups is 1. The van der Waals surface area contributed by atoms with Crippen LogP contribution >= 0.6 is 0 Å². The molecule has 0 aromatic heterocycles. The molecule has 2 rings (SSSR count). The van der Waals surface area contributed by atoms with Gasteiger partial charge in [0.25, 0.3) is 0 Å². The summed E-state index contributed by atoms with van der Waals surface area (Å²) in [5.74, 6) is -0.0259. The molecule has 0 spiro atoms. The molecule has 2 aliphatic heterocycles. The van der Waals surface area contributed by atoms with Crippen LogP contribution in [0.15, 0.2) is 0 Å². The number of nitrogens with one attached hydrogen (secondary N) is 2. The lowest BCUT2D eigenvalue weighted by atomic mass is 10.2. The molecule has 0 aromatic carbocycles. The van der Waals surface area contributed by atoms with Gasteiger partial charge in [0.1, 0.15) is 0 Å². The minimum absolute atomic E-state index is 0.0259. The Morgan fingerprint density at radius 2 is 2.47 bits per heavy atom. The van der Waals surface area contributed by atoms with Crippen molar-refractivity contribution in [3.05, 3.63) is 0 Å². The van der Waals surface area contributed by atoms with Crippen LogP contribution in [0.1, 0.15) is 19.3 Å². The summed E-state index contributed by atoms with van der Waals surface area (Å²) < 4.78 is 5.40. The lowest BCUT2D eigenvalue weighted by Crippen LogP contribution is -2.43. The molecule has 3 atom stereocenters. The van der Waals surface area contributed by atoms with Gasteiger partial charge in [-0.25, -0.2) is 0 Å². The summed E-state index contributed by atoms with van der Waals surface area (Å²) in [7, 11) is 0. The third kappa shape index (κ3) is 2.90. The van der Waals surface area contributed by atoms with Gasteiger partial charge in [-0.1, -0.05) is 0 Å². The summed E-state index contributed by atoms with van der Waals surface area (Å²) in [5, 5.41) is 15.1. The summed E-state index contributed by atoms with van der Waals surface area (Å²) in [6.45, 7) is 1.91. The van der Waals surface area contributed by atoms with Crippen molar-refractivity contribution in [2.24, 2.45) is 0 Å². The Hall–Kier alpha value is -0.650. The minimum Gasteiger partial charge on any atom is -0.392 e. The smallest absolute Gasteiger partial charge is 0.237 e. The molecule has 15 heavy (non-hydrogen) atoms. The molecular weight excluding hydrogens is 196 g/mol. The molecule has 0 radical (unpaired) electrons. The molecule has 3 unspecified atom stereocenters. The largest absolute Gasteiger partial charge is 0.392 e. The Bertz CT molecular complexity index is 229.